The van der Waals surface area contributed by atoms with Crippen molar-refractivity contribution in [2.75, 3.05) is 19.8 Å². The molecule has 30 heavy (non-hydrogen) atoms. The maximum atomic E-state index is 13.4. The molecule has 0 saturated heterocycles. The van der Waals surface area contributed by atoms with Gasteiger partial charge in [0.05, 0.1) is 36.7 Å². The molecule has 0 fully saturated rings. The van der Waals surface area contributed by atoms with Gasteiger partial charge in [0.1, 0.15) is 6.61 Å². The van der Waals surface area contributed by atoms with Gasteiger partial charge in [0, 0.05) is 0 Å². The molecule has 0 N–H and O–H groups in total. The largest absolute Gasteiger partial charge is 0.361 e. The van der Waals surface area contributed by atoms with Crippen molar-refractivity contribution in [3.63, 3.8) is 0 Å². The zero-order valence-corrected chi connectivity index (χ0v) is 18.0. The van der Waals surface area contributed by atoms with Crippen LogP contribution >= 0.6 is 7.60 Å². The predicted octanol–water partition coefficient (Wildman–Crippen LogP) is 4.76. The fourth-order valence-corrected chi connectivity index (χ4v) is 4.46. The zero-order chi connectivity index (χ0) is 21.8. The van der Waals surface area contributed by atoms with E-state index in [0.717, 1.165) is 10.6 Å². The van der Waals surface area contributed by atoms with E-state index in [4.69, 9.17) is 19.1 Å². The molecular formula is C22H25N2O5P. The lowest BCUT2D eigenvalue weighted by molar-refractivity contribution is -0.173. The molecular weight excluding hydrogens is 403 g/mol. The lowest BCUT2D eigenvalue weighted by Crippen LogP contribution is -2.22. The zero-order valence-electron chi connectivity index (χ0n) is 17.1. The number of amides is 1. The van der Waals surface area contributed by atoms with Crippen LogP contribution in [-0.4, -0.2) is 31.2 Å². The number of benzene rings is 2. The Morgan fingerprint density at radius 1 is 1.07 bits per heavy atom. The molecule has 0 aromatic heterocycles. The first-order chi connectivity index (χ1) is 14.6. The fraction of sp³-hybridized carbons (Fsp3) is 0.273. The SMILES string of the molecule is CCOP(=O)(OCC)/C(=C\CN(C=O)OCc1ccccc1)c1ccc(C#N)cc1. The summed E-state index contributed by atoms with van der Waals surface area (Å²) in [5.74, 6) is 0. The van der Waals surface area contributed by atoms with Gasteiger partial charge in [0.25, 0.3) is 0 Å². The standard InChI is InChI=1S/C22H25N2O5P/c1-3-28-30(26,29-4-2)22(21-12-10-19(16-23)11-13-21)14-15-24(18-25)27-17-20-8-6-5-7-9-20/h5-14,18H,3-4,15,17H2,1-2H3/b22-14-. The molecule has 0 heterocycles. The summed E-state index contributed by atoms with van der Waals surface area (Å²) in [6, 6.07) is 18.1. The Labute approximate surface area is 177 Å². The van der Waals surface area contributed by atoms with Crippen LogP contribution in [0.25, 0.3) is 5.31 Å². The van der Waals surface area contributed by atoms with Crippen molar-refractivity contribution in [1.29, 1.82) is 5.26 Å². The van der Waals surface area contributed by atoms with E-state index in [9.17, 15) is 9.36 Å². The van der Waals surface area contributed by atoms with Crippen LogP contribution in [-0.2, 0) is 29.9 Å². The van der Waals surface area contributed by atoms with Crippen LogP contribution in [0.1, 0.15) is 30.5 Å². The summed E-state index contributed by atoms with van der Waals surface area (Å²) in [4.78, 5) is 17.0. The molecule has 2 aromatic carbocycles. The molecule has 158 valence electrons. The van der Waals surface area contributed by atoms with Crippen LogP contribution in [0.15, 0.2) is 60.7 Å². The first-order valence-corrected chi connectivity index (χ1v) is 11.1. The van der Waals surface area contributed by atoms with Gasteiger partial charge >= 0.3 is 7.60 Å². The second-order valence-corrected chi connectivity index (χ2v) is 8.07. The summed E-state index contributed by atoms with van der Waals surface area (Å²) in [7, 11) is -3.64. The van der Waals surface area contributed by atoms with Gasteiger partial charge in [0.15, 0.2) is 0 Å². The molecule has 0 aliphatic heterocycles. The lowest BCUT2D eigenvalue weighted by Gasteiger charge is -2.22. The normalized spacial score (nSPS) is 11.7. The Bertz CT molecular complexity index is 913. The maximum absolute atomic E-state index is 13.4. The summed E-state index contributed by atoms with van der Waals surface area (Å²) in [5, 5.41) is 10.4. The van der Waals surface area contributed by atoms with Gasteiger partial charge in [0.2, 0.25) is 6.41 Å². The minimum Gasteiger partial charge on any atom is -0.305 e. The molecule has 8 heteroatoms. The van der Waals surface area contributed by atoms with E-state index in [0.29, 0.717) is 22.9 Å². The Balaban J connectivity index is 2.29. The second-order valence-electron chi connectivity index (χ2n) is 6.08. The van der Waals surface area contributed by atoms with Crippen molar-refractivity contribution in [1.82, 2.24) is 5.06 Å². The van der Waals surface area contributed by atoms with Gasteiger partial charge in [-0.15, -0.1) is 0 Å². The maximum Gasteiger partial charge on any atom is 0.361 e. The average molecular weight is 428 g/mol. The van der Waals surface area contributed by atoms with Crippen LogP contribution in [0.2, 0.25) is 0 Å². The highest BCUT2D eigenvalue weighted by Gasteiger charge is 2.31. The topological polar surface area (TPSA) is 88.9 Å². The van der Waals surface area contributed by atoms with Crippen LogP contribution in [0.5, 0.6) is 0 Å². The van der Waals surface area contributed by atoms with Crippen LogP contribution in [0.3, 0.4) is 0 Å². The van der Waals surface area contributed by atoms with Gasteiger partial charge < -0.3 is 9.05 Å². The van der Waals surface area contributed by atoms with Crippen LogP contribution in [0.4, 0.5) is 0 Å². The van der Waals surface area contributed by atoms with Crippen molar-refractivity contribution in [3.8, 4) is 6.07 Å². The summed E-state index contributed by atoms with van der Waals surface area (Å²) < 4.78 is 24.4. The lowest BCUT2D eigenvalue weighted by atomic mass is 10.1. The molecule has 7 nitrogen and oxygen atoms in total. The van der Waals surface area contributed by atoms with Crippen molar-refractivity contribution >= 4 is 19.3 Å². The van der Waals surface area contributed by atoms with Gasteiger partial charge in [-0.3, -0.25) is 14.2 Å². The third-order valence-electron chi connectivity index (χ3n) is 4.02. The molecule has 0 spiro atoms. The minimum atomic E-state index is -3.64. The highest BCUT2D eigenvalue weighted by molar-refractivity contribution is 7.65. The Morgan fingerprint density at radius 2 is 1.70 bits per heavy atom. The molecule has 0 unspecified atom stereocenters. The first kappa shape index (κ1) is 23.5. The predicted molar refractivity (Wildman–Crippen MR) is 114 cm³/mol. The monoisotopic (exact) mass is 428 g/mol. The number of hydroxylamine groups is 2. The molecule has 0 aliphatic carbocycles. The van der Waals surface area contributed by atoms with E-state index in [2.05, 4.69) is 0 Å². The quantitative estimate of drug-likeness (QED) is 0.275. The number of rotatable bonds is 12. The first-order valence-electron chi connectivity index (χ1n) is 9.55. The Kier molecular flexibility index (Phi) is 9.46. The number of hydrogen-bond donors (Lipinski definition) is 0. The van der Waals surface area contributed by atoms with E-state index in [1.165, 1.54) is 0 Å². The number of nitriles is 1. The van der Waals surface area contributed by atoms with Crippen LogP contribution in [0, 0.1) is 11.3 Å². The third kappa shape index (κ3) is 6.65. The Hall–Kier alpha value is -2.75. The van der Waals surface area contributed by atoms with E-state index in [-0.39, 0.29) is 26.4 Å². The molecule has 0 aliphatic rings. The molecule has 1 amide bonds. The number of carbonyl (C=O) groups excluding carboxylic acids is 1. The Morgan fingerprint density at radius 3 is 2.23 bits per heavy atom. The second kappa shape index (κ2) is 12.1. The van der Waals surface area contributed by atoms with Gasteiger partial charge in [-0.25, -0.2) is 5.06 Å². The highest BCUT2D eigenvalue weighted by Crippen LogP contribution is 2.60. The summed E-state index contributed by atoms with van der Waals surface area (Å²) >= 11 is 0. The van der Waals surface area contributed by atoms with Crippen molar-refractivity contribution in [2.45, 2.75) is 20.5 Å². The van der Waals surface area contributed by atoms with Crippen molar-refractivity contribution < 1.29 is 23.2 Å². The summed E-state index contributed by atoms with van der Waals surface area (Å²) in [6.45, 7) is 4.08. The third-order valence-corrected chi connectivity index (χ3v) is 6.25. The van der Waals surface area contributed by atoms with E-state index in [1.807, 2.05) is 36.4 Å². The molecule has 0 saturated carbocycles. The molecule has 2 aromatic rings. The average Bonchev–Trinajstić information content (AvgIpc) is 2.77. The number of carbonyl (C=O) groups is 1. The van der Waals surface area contributed by atoms with Crippen LogP contribution < -0.4 is 0 Å². The fourth-order valence-electron chi connectivity index (χ4n) is 2.65. The van der Waals surface area contributed by atoms with E-state index in [1.54, 1.807) is 44.2 Å². The summed E-state index contributed by atoms with van der Waals surface area (Å²) in [5.41, 5.74) is 1.96. The number of hydrogen-bond acceptors (Lipinski definition) is 6. The van der Waals surface area contributed by atoms with E-state index < -0.39 is 7.60 Å². The smallest absolute Gasteiger partial charge is 0.305 e. The molecule has 0 bridgehead atoms. The van der Waals surface area contributed by atoms with Gasteiger partial charge in [-0.2, -0.15) is 5.26 Å². The highest BCUT2D eigenvalue weighted by atomic mass is 31.2. The molecule has 2 rings (SSSR count). The molecule has 0 atom stereocenters. The van der Waals surface area contributed by atoms with Crippen molar-refractivity contribution in [3.05, 3.63) is 77.4 Å². The minimum absolute atomic E-state index is 0.0375. The van der Waals surface area contributed by atoms with Crippen molar-refractivity contribution in [2.24, 2.45) is 0 Å². The van der Waals surface area contributed by atoms with E-state index >= 15 is 0 Å². The summed E-state index contributed by atoms with van der Waals surface area (Å²) in [6.07, 6.45) is 2.15. The van der Waals surface area contributed by atoms with Gasteiger partial charge in [-0.05, 0) is 43.2 Å². The van der Waals surface area contributed by atoms with Gasteiger partial charge in [-0.1, -0.05) is 42.5 Å². The molecule has 0 radical (unpaired) electrons. The number of nitrogens with zero attached hydrogens (tertiary/aromatic N) is 2.